The number of aromatic nitrogens is 2. The molecule has 2 aromatic heterocycles. The number of hydrogen-bond acceptors (Lipinski definition) is 3. The average Bonchev–Trinajstić information content (AvgIpc) is 2.89. The second-order valence-corrected chi connectivity index (χ2v) is 4.83. The summed E-state index contributed by atoms with van der Waals surface area (Å²) in [6.07, 6.45) is 5.93. The molecule has 1 atom stereocenters. The van der Waals surface area contributed by atoms with Crippen molar-refractivity contribution in [1.82, 2.24) is 15.1 Å². The van der Waals surface area contributed by atoms with Crippen molar-refractivity contribution in [2.45, 2.75) is 18.9 Å². The Balaban J connectivity index is 1.96. The molecule has 0 bridgehead atoms. The van der Waals surface area contributed by atoms with Gasteiger partial charge < -0.3 is 9.73 Å². The van der Waals surface area contributed by atoms with Gasteiger partial charge in [0.1, 0.15) is 5.76 Å². The Hall–Kier alpha value is -1.07. The van der Waals surface area contributed by atoms with Crippen molar-refractivity contribution < 1.29 is 4.42 Å². The third kappa shape index (κ3) is 3.20. The van der Waals surface area contributed by atoms with Crippen LogP contribution in [0.2, 0.25) is 0 Å². The topological polar surface area (TPSA) is 43.0 Å². The number of nitrogens with one attached hydrogen (secondary N) is 1. The van der Waals surface area contributed by atoms with Gasteiger partial charge in [0.25, 0.3) is 0 Å². The standard InChI is InChI=1S/C12H16BrN3O/c1-14-10(11-5-6-12(13)17-11)4-3-9-7-15-16(2)8-9/h5-8,10,14H,3-4H2,1-2H3. The van der Waals surface area contributed by atoms with Crippen LogP contribution in [-0.2, 0) is 13.5 Å². The van der Waals surface area contributed by atoms with Crippen LogP contribution in [0.25, 0.3) is 0 Å². The highest BCUT2D eigenvalue weighted by atomic mass is 79.9. The van der Waals surface area contributed by atoms with Gasteiger partial charge in [0.2, 0.25) is 0 Å². The minimum atomic E-state index is 0.238. The van der Waals surface area contributed by atoms with E-state index in [-0.39, 0.29) is 6.04 Å². The van der Waals surface area contributed by atoms with E-state index in [9.17, 15) is 0 Å². The molecule has 0 spiro atoms. The van der Waals surface area contributed by atoms with Crippen LogP contribution in [0, 0.1) is 0 Å². The number of halogens is 1. The van der Waals surface area contributed by atoms with E-state index >= 15 is 0 Å². The van der Waals surface area contributed by atoms with Gasteiger partial charge in [-0.25, -0.2) is 0 Å². The molecular weight excluding hydrogens is 282 g/mol. The maximum absolute atomic E-state index is 5.56. The van der Waals surface area contributed by atoms with Gasteiger partial charge in [-0.3, -0.25) is 4.68 Å². The highest BCUT2D eigenvalue weighted by Crippen LogP contribution is 2.23. The van der Waals surface area contributed by atoms with Crippen LogP contribution < -0.4 is 5.32 Å². The van der Waals surface area contributed by atoms with Crippen LogP contribution in [0.4, 0.5) is 0 Å². The lowest BCUT2D eigenvalue weighted by atomic mass is 10.1. The highest BCUT2D eigenvalue weighted by molar-refractivity contribution is 9.10. The predicted molar refractivity (Wildman–Crippen MR) is 69.7 cm³/mol. The van der Waals surface area contributed by atoms with E-state index in [1.54, 1.807) is 0 Å². The summed E-state index contributed by atoms with van der Waals surface area (Å²) in [6.45, 7) is 0. The molecule has 0 aliphatic carbocycles. The maximum Gasteiger partial charge on any atom is 0.169 e. The summed E-state index contributed by atoms with van der Waals surface area (Å²) in [4.78, 5) is 0. The number of nitrogens with zero attached hydrogens (tertiary/aromatic N) is 2. The lowest BCUT2D eigenvalue weighted by molar-refractivity contribution is 0.403. The van der Waals surface area contributed by atoms with Crippen LogP contribution in [-0.4, -0.2) is 16.8 Å². The SMILES string of the molecule is CNC(CCc1cnn(C)c1)c1ccc(Br)o1. The molecule has 17 heavy (non-hydrogen) atoms. The second kappa shape index (κ2) is 5.51. The minimum absolute atomic E-state index is 0.238. The van der Waals surface area contributed by atoms with Gasteiger partial charge in [-0.05, 0) is 53.5 Å². The molecule has 1 unspecified atom stereocenters. The predicted octanol–water partition coefficient (Wildman–Crippen LogP) is 2.67. The van der Waals surface area contributed by atoms with Gasteiger partial charge in [-0.1, -0.05) is 0 Å². The van der Waals surface area contributed by atoms with E-state index in [1.165, 1.54) is 5.56 Å². The highest BCUT2D eigenvalue weighted by Gasteiger charge is 2.13. The lowest BCUT2D eigenvalue weighted by Gasteiger charge is -2.12. The second-order valence-electron chi connectivity index (χ2n) is 4.04. The van der Waals surface area contributed by atoms with Crippen molar-refractivity contribution in [3.63, 3.8) is 0 Å². The number of aryl methyl sites for hydroxylation is 2. The molecule has 1 N–H and O–H groups in total. The summed E-state index contributed by atoms with van der Waals surface area (Å²) in [5.74, 6) is 0.961. The Morgan fingerprint density at radius 2 is 2.35 bits per heavy atom. The van der Waals surface area contributed by atoms with E-state index < -0.39 is 0 Å². The summed E-state index contributed by atoms with van der Waals surface area (Å²) in [6, 6.07) is 4.15. The maximum atomic E-state index is 5.56. The number of furan rings is 1. The molecule has 0 aliphatic heterocycles. The zero-order valence-electron chi connectivity index (χ0n) is 9.98. The van der Waals surface area contributed by atoms with E-state index in [2.05, 4.69) is 26.3 Å². The molecule has 4 nitrogen and oxygen atoms in total. The fourth-order valence-corrected chi connectivity index (χ4v) is 2.18. The average molecular weight is 298 g/mol. The molecule has 2 rings (SSSR count). The minimum Gasteiger partial charge on any atom is -0.453 e. The molecular formula is C12H16BrN3O. The molecule has 0 amide bonds. The van der Waals surface area contributed by atoms with Gasteiger partial charge in [0, 0.05) is 13.2 Å². The molecule has 0 radical (unpaired) electrons. The monoisotopic (exact) mass is 297 g/mol. The molecule has 0 aromatic carbocycles. The molecule has 2 aromatic rings. The fraction of sp³-hybridized carbons (Fsp3) is 0.417. The molecule has 0 fully saturated rings. The van der Waals surface area contributed by atoms with Crippen molar-refractivity contribution >= 4 is 15.9 Å². The van der Waals surface area contributed by atoms with Crippen LogP contribution in [0.3, 0.4) is 0 Å². The first-order valence-electron chi connectivity index (χ1n) is 5.59. The Labute approximate surface area is 109 Å². The van der Waals surface area contributed by atoms with Crippen LogP contribution in [0.1, 0.15) is 23.8 Å². The summed E-state index contributed by atoms with van der Waals surface area (Å²) in [5, 5.41) is 7.43. The van der Waals surface area contributed by atoms with Crippen molar-refractivity contribution in [3.8, 4) is 0 Å². The van der Waals surface area contributed by atoms with E-state index in [4.69, 9.17) is 4.42 Å². The van der Waals surface area contributed by atoms with Crippen molar-refractivity contribution in [2.75, 3.05) is 7.05 Å². The molecule has 0 saturated carbocycles. The van der Waals surface area contributed by atoms with Gasteiger partial charge in [0.05, 0.1) is 12.2 Å². The Morgan fingerprint density at radius 1 is 1.53 bits per heavy atom. The molecule has 92 valence electrons. The van der Waals surface area contributed by atoms with Crippen molar-refractivity contribution in [1.29, 1.82) is 0 Å². The van der Waals surface area contributed by atoms with Gasteiger partial charge >= 0.3 is 0 Å². The first-order valence-corrected chi connectivity index (χ1v) is 6.38. The first kappa shape index (κ1) is 12.4. The van der Waals surface area contributed by atoms with Gasteiger partial charge in [-0.15, -0.1) is 0 Å². The Bertz CT molecular complexity index is 478. The first-order chi connectivity index (χ1) is 8.19. The number of hydrogen-bond donors (Lipinski definition) is 1. The number of rotatable bonds is 5. The van der Waals surface area contributed by atoms with E-state index in [0.717, 1.165) is 23.3 Å². The van der Waals surface area contributed by atoms with Crippen molar-refractivity contribution in [2.24, 2.45) is 7.05 Å². The summed E-state index contributed by atoms with van der Waals surface area (Å²) in [5.41, 5.74) is 1.25. The van der Waals surface area contributed by atoms with Crippen LogP contribution in [0.5, 0.6) is 0 Å². The van der Waals surface area contributed by atoms with Crippen molar-refractivity contribution in [3.05, 3.63) is 40.5 Å². The van der Waals surface area contributed by atoms with Gasteiger partial charge in [0.15, 0.2) is 4.67 Å². The Morgan fingerprint density at radius 3 is 2.88 bits per heavy atom. The fourth-order valence-electron chi connectivity index (χ4n) is 1.86. The third-order valence-corrected chi connectivity index (χ3v) is 3.19. The largest absolute Gasteiger partial charge is 0.453 e. The zero-order chi connectivity index (χ0) is 12.3. The smallest absolute Gasteiger partial charge is 0.169 e. The molecule has 5 heteroatoms. The summed E-state index contributed by atoms with van der Waals surface area (Å²) >= 11 is 3.32. The lowest BCUT2D eigenvalue weighted by Crippen LogP contribution is -2.16. The Kier molecular flexibility index (Phi) is 4.02. The molecule has 0 saturated heterocycles. The molecule has 0 aliphatic rings. The summed E-state index contributed by atoms with van der Waals surface area (Å²) in [7, 11) is 3.88. The summed E-state index contributed by atoms with van der Waals surface area (Å²) < 4.78 is 8.16. The van der Waals surface area contributed by atoms with E-state index in [1.807, 2.05) is 43.3 Å². The molecule has 2 heterocycles. The quantitative estimate of drug-likeness (QED) is 0.923. The van der Waals surface area contributed by atoms with Crippen LogP contribution in [0.15, 0.2) is 33.6 Å². The van der Waals surface area contributed by atoms with Gasteiger partial charge in [-0.2, -0.15) is 5.10 Å². The zero-order valence-corrected chi connectivity index (χ0v) is 11.6. The van der Waals surface area contributed by atoms with E-state index in [0.29, 0.717) is 0 Å². The van der Waals surface area contributed by atoms with Crippen LogP contribution >= 0.6 is 15.9 Å². The normalized spacial score (nSPS) is 12.9. The third-order valence-electron chi connectivity index (χ3n) is 2.77.